The van der Waals surface area contributed by atoms with Gasteiger partial charge < -0.3 is 4.74 Å². The summed E-state index contributed by atoms with van der Waals surface area (Å²) >= 11 is 8.55. The van der Waals surface area contributed by atoms with Crippen molar-refractivity contribution < 1.29 is 4.74 Å². The molecular weight excluding hydrogens is 533 g/mol. The van der Waals surface area contributed by atoms with E-state index in [0.29, 0.717) is 9.45 Å². The van der Waals surface area contributed by atoms with Gasteiger partial charge in [-0.05, 0) is 140 Å². The molecule has 0 aromatic heterocycles. The summed E-state index contributed by atoms with van der Waals surface area (Å²) in [7, 11) is 3.69. The fourth-order valence-electron chi connectivity index (χ4n) is 7.67. The smallest absolute Gasteiger partial charge is 0.0918 e. The highest BCUT2D eigenvalue weighted by Gasteiger charge is 2.47. The number of ether oxygens (including phenoxy) is 1. The molecule has 0 spiro atoms. The molecule has 4 saturated carbocycles. The summed E-state index contributed by atoms with van der Waals surface area (Å²) in [5, 5.41) is 0. The van der Waals surface area contributed by atoms with E-state index in [4.69, 9.17) is 15.9 Å². The summed E-state index contributed by atoms with van der Waals surface area (Å²) in [6, 6.07) is 0. The van der Waals surface area contributed by atoms with Crippen molar-refractivity contribution in [2.75, 3.05) is 42.3 Å². The summed E-state index contributed by atoms with van der Waals surface area (Å²) in [6.45, 7) is 0.876. The first-order valence-corrected chi connectivity index (χ1v) is 21.2. The standard InChI is InChI=1S/2C10H14.C7H16OS6/c2*1-2-9-7-4-5-8(6-7)10(9)3-1;1-10-4-6-14(13-12-9)5-3-8-7-11-2/h2*1-2,7-10H,3-6H2;3-7H2,1-2H3. The van der Waals surface area contributed by atoms with Crippen molar-refractivity contribution in [3.8, 4) is 0 Å². The highest BCUT2D eigenvalue weighted by Crippen LogP contribution is 2.57. The molecule has 0 saturated heterocycles. The van der Waals surface area contributed by atoms with Crippen LogP contribution >= 0.6 is 23.5 Å². The molecule has 0 amide bonds. The molecule has 6 aliphatic rings. The summed E-state index contributed by atoms with van der Waals surface area (Å²) < 4.78 is 5.45. The number of thioether (sulfide) groups is 2. The Labute approximate surface area is 230 Å². The highest BCUT2D eigenvalue weighted by molar-refractivity contribution is 8.58. The van der Waals surface area contributed by atoms with Gasteiger partial charge in [-0.25, -0.2) is 0 Å². The second kappa shape index (κ2) is 14.9. The molecule has 0 radical (unpaired) electrons. The highest BCUT2D eigenvalue weighted by atomic mass is 33.2. The molecule has 6 rings (SSSR count). The summed E-state index contributed by atoms with van der Waals surface area (Å²) in [4.78, 5) is 0. The topological polar surface area (TPSA) is 9.23 Å². The second-order valence-corrected chi connectivity index (χ2v) is 19.2. The molecule has 6 aliphatic carbocycles. The van der Waals surface area contributed by atoms with Gasteiger partial charge in [0, 0.05) is 17.3 Å². The van der Waals surface area contributed by atoms with Crippen LogP contribution in [0.15, 0.2) is 24.3 Å². The Morgan fingerprint density at radius 3 is 1.91 bits per heavy atom. The van der Waals surface area contributed by atoms with Gasteiger partial charge in [0.05, 0.1) is 12.5 Å². The lowest BCUT2D eigenvalue weighted by atomic mass is 9.82. The lowest BCUT2D eigenvalue weighted by molar-refractivity contribution is 0.202. The van der Waals surface area contributed by atoms with Crippen molar-refractivity contribution in [2.24, 2.45) is 47.3 Å². The van der Waals surface area contributed by atoms with E-state index in [9.17, 15) is 0 Å². The van der Waals surface area contributed by atoms with Crippen LogP contribution in [0.25, 0.3) is 0 Å². The predicted octanol–water partition coefficient (Wildman–Crippen LogP) is 6.98. The molecule has 0 aromatic rings. The Balaban J connectivity index is 0.000000122. The Morgan fingerprint density at radius 1 is 0.824 bits per heavy atom. The normalized spacial score (nSPS) is 38.1. The Kier molecular flexibility index (Phi) is 12.4. The fraction of sp³-hybridized carbons (Fsp3) is 0.852. The van der Waals surface area contributed by atoms with Crippen molar-refractivity contribution in [1.29, 1.82) is 0 Å². The van der Waals surface area contributed by atoms with Crippen molar-refractivity contribution in [1.82, 2.24) is 0 Å². The first-order chi connectivity index (χ1) is 16.7. The predicted molar refractivity (Wildman–Crippen MR) is 165 cm³/mol. The molecule has 0 heterocycles. The van der Waals surface area contributed by atoms with E-state index >= 15 is 0 Å². The lowest BCUT2D eigenvalue weighted by Gasteiger charge is -2.23. The van der Waals surface area contributed by atoms with E-state index in [2.05, 4.69) is 36.8 Å². The van der Waals surface area contributed by atoms with E-state index in [1.807, 2.05) is 20.6 Å². The first kappa shape index (κ1) is 28.2. The van der Waals surface area contributed by atoms with Gasteiger partial charge in [0.25, 0.3) is 0 Å². The molecule has 194 valence electrons. The molecular formula is C27H44OS6. The molecule has 1 nitrogen and oxygen atoms in total. The number of fused-ring (bicyclic) bond motifs is 10. The minimum absolute atomic E-state index is 0.393. The first-order valence-electron chi connectivity index (χ1n) is 13.3. The molecule has 9 unspecified atom stereocenters. The maximum atomic E-state index is 5.45. The van der Waals surface area contributed by atoms with Crippen molar-refractivity contribution in [2.45, 2.75) is 51.4 Å². The van der Waals surface area contributed by atoms with E-state index < -0.39 is 0 Å². The average molecular weight is 577 g/mol. The Hall–Kier alpha value is 1.15. The largest absolute Gasteiger partial charge is 0.370 e. The molecule has 34 heavy (non-hydrogen) atoms. The van der Waals surface area contributed by atoms with Crippen LogP contribution in [0, 0.1) is 47.3 Å². The third kappa shape index (κ3) is 7.38. The van der Waals surface area contributed by atoms with Crippen molar-refractivity contribution in [3.63, 3.8) is 0 Å². The zero-order chi connectivity index (χ0) is 23.8. The third-order valence-electron chi connectivity index (χ3n) is 9.14. The van der Waals surface area contributed by atoms with Gasteiger partial charge in [0.1, 0.15) is 0 Å². The van der Waals surface area contributed by atoms with Crippen LogP contribution in [0.1, 0.15) is 51.4 Å². The molecule has 7 heteroatoms. The quantitative estimate of drug-likeness (QED) is 0.175. The summed E-state index contributed by atoms with van der Waals surface area (Å²) in [6.07, 6.45) is 26.2. The zero-order valence-electron chi connectivity index (χ0n) is 21.0. The summed E-state index contributed by atoms with van der Waals surface area (Å²) in [5.41, 5.74) is 0. The van der Waals surface area contributed by atoms with Crippen LogP contribution in [-0.4, -0.2) is 42.3 Å². The fourth-order valence-corrected chi connectivity index (χ4v) is 15.6. The zero-order valence-corrected chi connectivity index (χ0v) is 25.9. The van der Waals surface area contributed by atoms with Crippen molar-refractivity contribution >= 4 is 61.9 Å². The van der Waals surface area contributed by atoms with Crippen LogP contribution in [0.4, 0.5) is 0 Å². The van der Waals surface area contributed by atoms with Gasteiger partial charge >= 0.3 is 0 Å². The van der Waals surface area contributed by atoms with Crippen LogP contribution < -0.4 is 0 Å². The third-order valence-corrected chi connectivity index (χ3v) is 17.4. The maximum absolute atomic E-state index is 5.45. The number of allylic oxidation sites excluding steroid dienone is 4. The number of hydrogen-bond acceptors (Lipinski definition) is 4. The van der Waals surface area contributed by atoms with Crippen LogP contribution in [0.5, 0.6) is 0 Å². The monoisotopic (exact) mass is 576 g/mol. The van der Waals surface area contributed by atoms with E-state index in [1.54, 1.807) is 37.4 Å². The van der Waals surface area contributed by atoms with Gasteiger partial charge in [-0.15, -0.1) is 21.2 Å². The molecule has 0 aliphatic heterocycles. The summed E-state index contributed by atoms with van der Waals surface area (Å²) in [5.74, 6) is 13.2. The van der Waals surface area contributed by atoms with Gasteiger partial charge in [0.2, 0.25) is 0 Å². The Bertz CT molecular complexity index is 757. The van der Waals surface area contributed by atoms with Gasteiger partial charge in [-0.2, -0.15) is 11.8 Å². The molecule has 4 bridgehead atoms. The lowest BCUT2D eigenvalue weighted by Crippen LogP contribution is -2.16. The van der Waals surface area contributed by atoms with Crippen molar-refractivity contribution in [3.05, 3.63) is 24.3 Å². The second-order valence-electron chi connectivity index (χ2n) is 10.8. The molecule has 4 fully saturated rings. The number of rotatable bonds is 8. The SMILES string of the molecule is C1=CC2C3CCC(C3)C2C1.C1=CC2C3CCC(C3)C2C1.CSCCS(CCOCSC)=S=S=S. The maximum Gasteiger partial charge on any atom is 0.0918 e. The molecule has 0 N–H and O–H groups in total. The minimum Gasteiger partial charge on any atom is -0.370 e. The Morgan fingerprint density at radius 2 is 1.41 bits per heavy atom. The van der Waals surface area contributed by atoms with Crippen LogP contribution in [0.2, 0.25) is 0 Å². The van der Waals surface area contributed by atoms with E-state index in [-0.39, 0.29) is 0 Å². The van der Waals surface area contributed by atoms with Gasteiger partial charge in [0.15, 0.2) is 0 Å². The van der Waals surface area contributed by atoms with Gasteiger partial charge in [-0.3, -0.25) is 0 Å². The average Bonchev–Trinajstić information content (AvgIpc) is 3.68. The number of hydrogen-bond donors (Lipinski definition) is 0. The molecule has 0 aromatic carbocycles. The van der Waals surface area contributed by atoms with Crippen LogP contribution in [0.3, 0.4) is 0 Å². The molecule has 9 atom stereocenters. The van der Waals surface area contributed by atoms with Crippen LogP contribution in [-0.2, 0) is 43.1 Å². The van der Waals surface area contributed by atoms with Gasteiger partial charge in [-0.1, -0.05) is 24.3 Å². The minimum atomic E-state index is 0.393. The van der Waals surface area contributed by atoms with E-state index in [1.165, 1.54) is 46.1 Å². The van der Waals surface area contributed by atoms with E-state index in [0.717, 1.165) is 65.6 Å².